The van der Waals surface area contributed by atoms with E-state index >= 15 is 0 Å². The molecule has 0 bridgehead atoms. The molecule has 36 heavy (non-hydrogen) atoms. The predicted octanol–water partition coefficient (Wildman–Crippen LogP) is 3.51. The average Bonchev–Trinajstić information content (AvgIpc) is 2.81. The van der Waals surface area contributed by atoms with E-state index in [1.807, 2.05) is 6.07 Å². The molecule has 1 atom stereocenters. The Morgan fingerprint density at radius 3 is 2.69 bits per heavy atom. The van der Waals surface area contributed by atoms with Crippen molar-refractivity contribution in [3.63, 3.8) is 0 Å². The van der Waals surface area contributed by atoms with Crippen LogP contribution in [0.1, 0.15) is 25.8 Å². The third-order valence-corrected chi connectivity index (χ3v) is 6.51. The molecule has 1 fully saturated rings. The van der Waals surface area contributed by atoms with E-state index in [4.69, 9.17) is 16.3 Å². The Kier molecular flexibility index (Phi) is 9.85. The average molecular weight is 549 g/mol. The van der Waals surface area contributed by atoms with Gasteiger partial charge in [0.15, 0.2) is 0 Å². The SMILES string of the molecule is CCSc1cc(Cl)cnc1N1CCN(C(=O)CCOC[C@H](C)Nc2cn[nH]c(=O)c2C(F)(F)F)CC1. The number of aromatic nitrogens is 3. The molecule has 0 aromatic carbocycles. The Labute approximate surface area is 215 Å². The normalized spacial score (nSPS) is 15.2. The summed E-state index contributed by atoms with van der Waals surface area (Å²) in [6, 6.07) is 1.36. The van der Waals surface area contributed by atoms with Gasteiger partial charge in [0.1, 0.15) is 11.4 Å². The number of amides is 1. The molecule has 9 nitrogen and oxygen atoms in total. The van der Waals surface area contributed by atoms with Crippen molar-refractivity contribution >= 4 is 40.8 Å². The fourth-order valence-corrected chi connectivity index (χ4v) is 4.81. The number of rotatable bonds is 10. The number of piperazine rings is 1. The Morgan fingerprint density at radius 1 is 1.31 bits per heavy atom. The largest absolute Gasteiger partial charge is 0.423 e. The maximum absolute atomic E-state index is 13.1. The first kappa shape index (κ1) is 28.1. The molecule has 1 aliphatic rings. The molecule has 0 radical (unpaired) electrons. The summed E-state index contributed by atoms with van der Waals surface area (Å²) in [5.41, 5.74) is -3.08. The Balaban J connectivity index is 1.42. The molecule has 0 aliphatic carbocycles. The van der Waals surface area contributed by atoms with Gasteiger partial charge in [0, 0.05) is 38.4 Å². The second-order valence-corrected chi connectivity index (χ2v) is 9.87. The predicted molar refractivity (Wildman–Crippen MR) is 133 cm³/mol. The van der Waals surface area contributed by atoms with E-state index < -0.39 is 29.0 Å². The molecular formula is C22H28ClF3N6O3S. The van der Waals surface area contributed by atoms with E-state index in [1.165, 1.54) is 0 Å². The quantitative estimate of drug-likeness (QED) is 0.343. The lowest BCUT2D eigenvalue weighted by Crippen LogP contribution is -2.49. The Bertz CT molecular complexity index is 1100. The van der Waals surface area contributed by atoms with Crippen molar-refractivity contribution in [1.29, 1.82) is 0 Å². The number of H-pyrrole nitrogens is 1. The van der Waals surface area contributed by atoms with Crippen LogP contribution in [0.2, 0.25) is 5.02 Å². The second-order valence-electron chi connectivity index (χ2n) is 8.13. The topological polar surface area (TPSA) is 103 Å². The van der Waals surface area contributed by atoms with Crippen LogP contribution >= 0.6 is 23.4 Å². The Hall–Kier alpha value is -2.51. The van der Waals surface area contributed by atoms with E-state index in [1.54, 1.807) is 34.9 Å². The first-order chi connectivity index (χ1) is 17.1. The molecule has 1 amide bonds. The number of alkyl halides is 3. The van der Waals surface area contributed by atoms with Crippen LogP contribution in [-0.4, -0.2) is 77.2 Å². The molecule has 2 aromatic rings. The van der Waals surface area contributed by atoms with Crippen LogP contribution in [-0.2, 0) is 15.7 Å². The molecule has 2 N–H and O–H groups in total. The van der Waals surface area contributed by atoms with Crippen molar-refractivity contribution in [1.82, 2.24) is 20.1 Å². The van der Waals surface area contributed by atoms with Gasteiger partial charge in [0.05, 0.1) is 41.4 Å². The van der Waals surface area contributed by atoms with Gasteiger partial charge in [-0.2, -0.15) is 18.3 Å². The number of hydrogen-bond donors (Lipinski definition) is 2. The van der Waals surface area contributed by atoms with E-state index in [0.717, 1.165) is 22.7 Å². The molecular weight excluding hydrogens is 521 g/mol. The van der Waals surface area contributed by atoms with Crippen molar-refractivity contribution in [3.8, 4) is 0 Å². The van der Waals surface area contributed by atoms with Crippen molar-refractivity contribution in [2.24, 2.45) is 0 Å². The molecule has 0 spiro atoms. The lowest BCUT2D eigenvalue weighted by atomic mass is 10.2. The second kappa shape index (κ2) is 12.6. The van der Waals surface area contributed by atoms with Gasteiger partial charge in [0.25, 0.3) is 5.56 Å². The summed E-state index contributed by atoms with van der Waals surface area (Å²) in [7, 11) is 0. The van der Waals surface area contributed by atoms with Crippen LogP contribution in [0.25, 0.3) is 0 Å². The number of pyridine rings is 1. The molecule has 1 saturated heterocycles. The number of nitrogens with zero attached hydrogens (tertiary/aromatic N) is 4. The third kappa shape index (κ3) is 7.50. The zero-order valence-corrected chi connectivity index (χ0v) is 21.5. The maximum atomic E-state index is 13.1. The van der Waals surface area contributed by atoms with Crippen LogP contribution in [0.3, 0.4) is 0 Å². The smallest absolute Gasteiger partial charge is 0.379 e. The van der Waals surface area contributed by atoms with Crippen LogP contribution in [0.15, 0.2) is 28.2 Å². The maximum Gasteiger partial charge on any atom is 0.423 e. The molecule has 0 unspecified atom stereocenters. The molecule has 2 aromatic heterocycles. The minimum absolute atomic E-state index is 0.0469. The van der Waals surface area contributed by atoms with Gasteiger partial charge in [-0.1, -0.05) is 18.5 Å². The number of halogens is 4. The van der Waals surface area contributed by atoms with E-state index in [-0.39, 0.29) is 25.5 Å². The van der Waals surface area contributed by atoms with Crippen LogP contribution in [0, 0.1) is 0 Å². The van der Waals surface area contributed by atoms with Crippen molar-refractivity contribution in [2.75, 3.05) is 55.4 Å². The number of nitrogens with one attached hydrogen (secondary N) is 2. The lowest BCUT2D eigenvalue weighted by molar-refractivity contribution is -0.138. The van der Waals surface area contributed by atoms with Gasteiger partial charge < -0.3 is 19.9 Å². The first-order valence-electron chi connectivity index (χ1n) is 11.4. The van der Waals surface area contributed by atoms with E-state index in [2.05, 4.69) is 27.2 Å². The molecule has 198 valence electrons. The number of carbonyl (C=O) groups excluding carboxylic acids is 1. The first-order valence-corrected chi connectivity index (χ1v) is 12.8. The molecule has 3 heterocycles. The molecule has 3 rings (SSSR count). The van der Waals surface area contributed by atoms with Crippen LogP contribution in [0.4, 0.5) is 24.7 Å². The summed E-state index contributed by atoms with van der Waals surface area (Å²) in [4.78, 5) is 33.5. The summed E-state index contributed by atoms with van der Waals surface area (Å²) in [6.45, 7) is 6.23. The van der Waals surface area contributed by atoms with E-state index in [9.17, 15) is 22.8 Å². The highest BCUT2D eigenvalue weighted by atomic mass is 35.5. The highest BCUT2D eigenvalue weighted by Crippen LogP contribution is 2.32. The van der Waals surface area contributed by atoms with Crippen LogP contribution in [0.5, 0.6) is 0 Å². The lowest BCUT2D eigenvalue weighted by Gasteiger charge is -2.36. The number of thioether (sulfide) groups is 1. The summed E-state index contributed by atoms with van der Waals surface area (Å²) >= 11 is 7.75. The van der Waals surface area contributed by atoms with Crippen molar-refractivity contribution < 1.29 is 22.7 Å². The minimum atomic E-state index is -4.82. The van der Waals surface area contributed by atoms with Gasteiger partial charge in [-0.05, 0) is 18.7 Å². The van der Waals surface area contributed by atoms with Gasteiger partial charge in [0.2, 0.25) is 5.91 Å². The Morgan fingerprint density at radius 2 is 2.03 bits per heavy atom. The summed E-state index contributed by atoms with van der Waals surface area (Å²) < 4.78 is 44.9. The fourth-order valence-electron chi connectivity index (χ4n) is 3.75. The monoisotopic (exact) mass is 548 g/mol. The molecule has 0 saturated carbocycles. The molecule has 1 aliphatic heterocycles. The van der Waals surface area contributed by atoms with Gasteiger partial charge >= 0.3 is 6.18 Å². The van der Waals surface area contributed by atoms with Gasteiger partial charge in [-0.3, -0.25) is 9.59 Å². The highest BCUT2D eigenvalue weighted by molar-refractivity contribution is 7.99. The minimum Gasteiger partial charge on any atom is -0.379 e. The highest BCUT2D eigenvalue weighted by Gasteiger charge is 2.37. The third-order valence-electron chi connectivity index (χ3n) is 5.40. The van der Waals surface area contributed by atoms with Gasteiger partial charge in [-0.15, -0.1) is 11.8 Å². The number of ether oxygens (including phenoxy) is 1. The summed E-state index contributed by atoms with van der Waals surface area (Å²) in [5, 5.41) is 8.39. The van der Waals surface area contributed by atoms with Gasteiger partial charge in [-0.25, -0.2) is 10.1 Å². The van der Waals surface area contributed by atoms with Crippen molar-refractivity contribution in [2.45, 2.75) is 37.4 Å². The number of carbonyl (C=O) groups is 1. The summed E-state index contributed by atoms with van der Waals surface area (Å²) in [6.07, 6.45) is -2.13. The zero-order chi connectivity index (χ0) is 26.3. The number of anilines is 2. The van der Waals surface area contributed by atoms with Crippen molar-refractivity contribution in [3.05, 3.63) is 39.4 Å². The standard InChI is InChI=1S/C22H28ClF3N6O3S/c1-3-36-17-10-15(23)11-27-20(17)32-7-5-31(6-8-32)18(33)4-9-35-13-14(2)29-16-12-28-30-21(34)19(16)22(24,25)26/h10-12,14H,3-9,13H2,1-2H3,(H2,29,30,34)/t14-/m0/s1. The number of aromatic amines is 1. The summed E-state index contributed by atoms with van der Waals surface area (Å²) in [5.74, 6) is 1.71. The molecule has 14 heteroatoms. The fraction of sp³-hybridized carbons (Fsp3) is 0.545. The van der Waals surface area contributed by atoms with E-state index in [0.29, 0.717) is 31.2 Å². The van der Waals surface area contributed by atoms with Crippen LogP contribution < -0.4 is 15.8 Å². The number of hydrogen-bond acceptors (Lipinski definition) is 8. The zero-order valence-electron chi connectivity index (χ0n) is 19.9.